The molecular weight excluding hydrogens is 228 g/mol. The van der Waals surface area contributed by atoms with Gasteiger partial charge in [0.15, 0.2) is 0 Å². The number of carbonyl (C=O) groups is 1. The molecule has 0 saturated heterocycles. The highest BCUT2D eigenvalue weighted by molar-refractivity contribution is 5.81. The lowest BCUT2D eigenvalue weighted by Crippen LogP contribution is -2.39. The predicted octanol–water partition coefficient (Wildman–Crippen LogP) is 1.58. The molecule has 1 aromatic carbocycles. The van der Waals surface area contributed by atoms with Crippen LogP contribution < -0.4 is 11.1 Å². The monoisotopic (exact) mass is 250 g/mol. The van der Waals surface area contributed by atoms with E-state index in [-0.39, 0.29) is 5.91 Å². The first kappa shape index (κ1) is 14.7. The summed E-state index contributed by atoms with van der Waals surface area (Å²) in [6.07, 6.45) is 0.645. The number of hydrogen-bond acceptors (Lipinski definition) is 3. The zero-order valence-corrected chi connectivity index (χ0v) is 11.1. The Morgan fingerprint density at radius 3 is 2.61 bits per heavy atom. The molecule has 0 aliphatic heterocycles. The topological polar surface area (TPSA) is 64.3 Å². The van der Waals surface area contributed by atoms with Crippen molar-refractivity contribution in [3.63, 3.8) is 0 Å². The molecule has 0 spiro atoms. The molecule has 0 radical (unpaired) electrons. The molecule has 1 atom stereocenters. The molecule has 0 aliphatic carbocycles. The van der Waals surface area contributed by atoms with Crippen molar-refractivity contribution >= 4 is 5.91 Å². The van der Waals surface area contributed by atoms with Gasteiger partial charge in [-0.2, -0.15) is 0 Å². The first-order chi connectivity index (χ1) is 8.69. The molecule has 100 valence electrons. The molecule has 1 aromatic rings. The lowest BCUT2D eigenvalue weighted by Gasteiger charge is -2.13. The average molecular weight is 250 g/mol. The maximum atomic E-state index is 11.6. The minimum Gasteiger partial charge on any atom is -0.377 e. The van der Waals surface area contributed by atoms with Crippen LogP contribution in [0.2, 0.25) is 0 Å². The second-order valence-electron chi connectivity index (χ2n) is 4.14. The Hall–Kier alpha value is -1.39. The Morgan fingerprint density at radius 1 is 1.33 bits per heavy atom. The fourth-order valence-corrected chi connectivity index (χ4v) is 1.58. The van der Waals surface area contributed by atoms with E-state index in [9.17, 15) is 4.79 Å². The van der Waals surface area contributed by atoms with E-state index in [1.807, 2.05) is 38.1 Å². The lowest BCUT2D eigenvalue weighted by atomic mass is 10.1. The van der Waals surface area contributed by atoms with Gasteiger partial charge in [-0.25, -0.2) is 0 Å². The largest absolute Gasteiger partial charge is 0.377 e. The van der Waals surface area contributed by atoms with Crippen LogP contribution in [0.1, 0.15) is 31.4 Å². The normalized spacial score (nSPS) is 12.2. The lowest BCUT2D eigenvalue weighted by molar-refractivity contribution is -0.122. The summed E-state index contributed by atoms with van der Waals surface area (Å²) in [6, 6.07) is 7.50. The van der Waals surface area contributed by atoms with E-state index in [1.54, 1.807) is 0 Å². The summed E-state index contributed by atoms with van der Waals surface area (Å²) in [4.78, 5) is 11.6. The van der Waals surface area contributed by atoms with Crippen LogP contribution in [0.15, 0.2) is 24.3 Å². The van der Waals surface area contributed by atoms with Crippen LogP contribution in [0.3, 0.4) is 0 Å². The van der Waals surface area contributed by atoms with Crippen LogP contribution in [0.4, 0.5) is 0 Å². The van der Waals surface area contributed by atoms with Crippen molar-refractivity contribution in [2.75, 3.05) is 6.61 Å². The molecule has 0 aromatic heterocycles. The molecule has 4 nitrogen and oxygen atoms in total. The summed E-state index contributed by atoms with van der Waals surface area (Å²) < 4.78 is 5.40. The van der Waals surface area contributed by atoms with Crippen LogP contribution in [0.5, 0.6) is 0 Å². The number of carbonyl (C=O) groups excluding carboxylic acids is 1. The van der Waals surface area contributed by atoms with Gasteiger partial charge in [-0.05, 0) is 24.5 Å². The fraction of sp³-hybridized carbons (Fsp3) is 0.500. The summed E-state index contributed by atoms with van der Waals surface area (Å²) in [5.41, 5.74) is 7.84. The zero-order valence-electron chi connectivity index (χ0n) is 11.1. The molecule has 4 heteroatoms. The number of ether oxygens (including phenoxy) is 1. The maximum Gasteiger partial charge on any atom is 0.237 e. The third-order valence-corrected chi connectivity index (χ3v) is 2.81. The number of benzene rings is 1. The van der Waals surface area contributed by atoms with Crippen molar-refractivity contribution in [3.8, 4) is 0 Å². The first-order valence-corrected chi connectivity index (χ1v) is 6.36. The smallest absolute Gasteiger partial charge is 0.237 e. The summed E-state index contributed by atoms with van der Waals surface area (Å²) in [5.74, 6) is -0.108. The molecule has 1 rings (SSSR count). The Morgan fingerprint density at radius 2 is 2.00 bits per heavy atom. The van der Waals surface area contributed by atoms with E-state index in [0.29, 0.717) is 26.2 Å². The summed E-state index contributed by atoms with van der Waals surface area (Å²) in [7, 11) is 0. The van der Waals surface area contributed by atoms with Gasteiger partial charge in [0.1, 0.15) is 0 Å². The van der Waals surface area contributed by atoms with Crippen molar-refractivity contribution in [1.82, 2.24) is 5.32 Å². The Balaban J connectivity index is 2.58. The average Bonchev–Trinajstić information content (AvgIpc) is 2.42. The van der Waals surface area contributed by atoms with Crippen LogP contribution in [0.25, 0.3) is 0 Å². The minimum atomic E-state index is -0.427. The van der Waals surface area contributed by atoms with E-state index in [2.05, 4.69) is 5.32 Å². The fourth-order valence-electron chi connectivity index (χ4n) is 1.58. The molecule has 0 saturated carbocycles. The Labute approximate surface area is 109 Å². The van der Waals surface area contributed by atoms with Crippen LogP contribution in [-0.4, -0.2) is 18.6 Å². The molecule has 18 heavy (non-hydrogen) atoms. The molecule has 3 N–H and O–H groups in total. The molecular formula is C14H22N2O2. The number of rotatable bonds is 7. The van der Waals surface area contributed by atoms with Crippen molar-refractivity contribution in [2.45, 2.75) is 39.5 Å². The van der Waals surface area contributed by atoms with Gasteiger partial charge in [-0.15, -0.1) is 0 Å². The van der Waals surface area contributed by atoms with Crippen LogP contribution >= 0.6 is 0 Å². The molecule has 0 heterocycles. The highest BCUT2D eigenvalue weighted by Crippen LogP contribution is 2.10. The van der Waals surface area contributed by atoms with E-state index >= 15 is 0 Å². The van der Waals surface area contributed by atoms with E-state index in [0.717, 1.165) is 11.1 Å². The van der Waals surface area contributed by atoms with E-state index < -0.39 is 6.04 Å². The molecule has 0 bridgehead atoms. The Bertz CT molecular complexity index is 380. The molecule has 1 amide bonds. The number of nitrogens with two attached hydrogens (primary N) is 1. The summed E-state index contributed by atoms with van der Waals surface area (Å²) in [5, 5.41) is 2.85. The highest BCUT2D eigenvalue weighted by atomic mass is 16.5. The van der Waals surface area contributed by atoms with Gasteiger partial charge in [-0.1, -0.05) is 31.2 Å². The minimum absolute atomic E-state index is 0.108. The number of hydrogen-bond donors (Lipinski definition) is 2. The maximum absolute atomic E-state index is 11.6. The molecule has 0 fully saturated rings. The number of nitrogens with one attached hydrogen (secondary N) is 1. The van der Waals surface area contributed by atoms with Crippen molar-refractivity contribution in [1.29, 1.82) is 0 Å². The van der Waals surface area contributed by atoms with Crippen molar-refractivity contribution in [3.05, 3.63) is 35.4 Å². The van der Waals surface area contributed by atoms with Crippen molar-refractivity contribution < 1.29 is 9.53 Å². The van der Waals surface area contributed by atoms with Crippen LogP contribution in [0, 0.1) is 0 Å². The van der Waals surface area contributed by atoms with Gasteiger partial charge in [-0.3, -0.25) is 4.79 Å². The quantitative estimate of drug-likeness (QED) is 0.772. The highest BCUT2D eigenvalue weighted by Gasteiger charge is 2.10. The summed E-state index contributed by atoms with van der Waals surface area (Å²) >= 11 is 0. The number of amides is 1. The van der Waals surface area contributed by atoms with Gasteiger partial charge in [0.05, 0.1) is 12.6 Å². The van der Waals surface area contributed by atoms with Crippen molar-refractivity contribution in [2.24, 2.45) is 5.73 Å². The first-order valence-electron chi connectivity index (χ1n) is 6.36. The molecule has 0 aliphatic rings. The SMILES string of the molecule is CCOCc1ccccc1CNC(=O)[C@@H](N)CC. The van der Waals surface area contributed by atoms with Crippen LogP contribution in [-0.2, 0) is 22.7 Å². The molecule has 0 unspecified atom stereocenters. The van der Waals surface area contributed by atoms with Gasteiger partial charge in [0.25, 0.3) is 0 Å². The third kappa shape index (κ3) is 4.47. The van der Waals surface area contributed by atoms with Gasteiger partial charge >= 0.3 is 0 Å². The van der Waals surface area contributed by atoms with E-state index in [1.165, 1.54) is 0 Å². The predicted molar refractivity (Wildman–Crippen MR) is 71.9 cm³/mol. The second kappa shape index (κ2) is 7.84. The van der Waals surface area contributed by atoms with Gasteiger partial charge in [0.2, 0.25) is 5.91 Å². The van der Waals surface area contributed by atoms with Gasteiger partial charge < -0.3 is 15.8 Å². The summed E-state index contributed by atoms with van der Waals surface area (Å²) in [6.45, 7) is 5.61. The standard InChI is InChI=1S/C14H22N2O2/c1-3-13(15)14(17)16-9-11-7-5-6-8-12(11)10-18-4-2/h5-8,13H,3-4,9-10,15H2,1-2H3,(H,16,17)/t13-/m0/s1. The Kier molecular flexibility index (Phi) is 6.39. The third-order valence-electron chi connectivity index (χ3n) is 2.81. The second-order valence-corrected chi connectivity index (χ2v) is 4.14. The van der Waals surface area contributed by atoms with E-state index in [4.69, 9.17) is 10.5 Å². The zero-order chi connectivity index (χ0) is 13.4. The van der Waals surface area contributed by atoms with Gasteiger partial charge in [0, 0.05) is 13.2 Å².